The van der Waals surface area contributed by atoms with Crippen molar-refractivity contribution in [3.63, 3.8) is 0 Å². The quantitative estimate of drug-likeness (QED) is 0.420. The zero-order valence-electron chi connectivity index (χ0n) is 17.7. The Morgan fingerprint density at radius 1 is 0.938 bits per heavy atom. The summed E-state index contributed by atoms with van der Waals surface area (Å²) in [5.74, 6) is 0. The lowest BCUT2D eigenvalue weighted by molar-refractivity contribution is -0.176. The van der Waals surface area contributed by atoms with Gasteiger partial charge in [-0.2, -0.15) is 0 Å². The molecular weight excluding hydrogens is 428 g/mol. The lowest BCUT2D eigenvalue weighted by Crippen LogP contribution is -2.54. The van der Waals surface area contributed by atoms with E-state index >= 15 is 0 Å². The molecule has 2 unspecified atom stereocenters. The van der Waals surface area contributed by atoms with E-state index in [-0.39, 0.29) is 17.0 Å². The van der Waals surface area contributed by atoms with Crippen molar-refractivity contribution in [3.8, 4) is 0 Å². The van der Waals surface area contributed by atoms with Crippen LogP contribution in [-0.2, 0) is 28.3 Å². The Kier molecular flexibility index (Phi) is 7.42. The Labute approximate surface area is 192 Å². The molecule has 1 heterocycles. The van der Waals surface area contributed by atoms with Crippen LogP contribution in [0.25, 0.3) is 0 Å². The van der Waals surface area contributed by atoms with Crippen LogP contribution in [0.4, 0.5) is 5.69 Å². The monoisotopic (exact) mass is 454 g/mol. The van der Waals surface area contributed by atoms with Crippen LogP contribution in [0, 0.1) is 0 Å². The van der Waals surface area contributed by atoms with Gasteiger partial charge in [0.15, 0.2) is 0 Å². The molecule has 0 spiro atoms. The fraction of sp³-hybridized carbons (Fsp3) is 0.280. The summed E-state index contributed by atoms with van der Waals surface area (Å²) in [7, 11) is 0. The second kappa shape index (κ2) is 10.4. The molecular formula is C25H27ClN2O4. The van der Waals surface area contributed by atoms with Crippen molar-refractivity contribution in [2.45, 2.75) is 31.3 Å². The highest BCUT2D eigenvalue weighted by molar-refractivity contribution is 6.30. The van der Waals surface area contributed by atoms with Crippen molar-refractivity contribution in [3.05, 3.63) is 101 Å². The van der Waals surface area contributed by atoms with Gasteiger partial charge < -0.3 is 14.8 Å². The maximum absolute atomic E-state index is 9.30. The van der Waals surface area contributed by atoms with Crippen molar-refractivity contribution in [1.29, 1.82) is 0 Å². The van der Waals surface area contributed by atoms with Crippen molar-refractivity contribution < 1.29 is 19.9 Å². The number of hydrogen-bond donors (Lipinski definition) is 3. The lowest BCUT2D eigenvalue weighted by atomic mass is 9.82. The molecule has 2 atom stereocenters. The Morgan fingerprint density at radius 2 is 1.69 bits per heavy atom. The number of halogens is 1. The van der Waals surface area contributed by atoms with Crippen LogP contribution in [0.2, 0.25) is 5.02 Å². The number of benzene rings is 3. The normalized spacial score (nSPS) is 20.8. The highest BCUT2D eigenvalue weighted by Crippen LogP contribution is 2.38. The predicted octanol–water partition coefficient (Wildman–Crippen LogP) is 4.92. The largest absolute Gasteiger partial charge is 0.369 e. The van der Waals surface area contributed by atoms with Gasteiger partial charge in [-0.15, -0.1) is 5.23 Å². The van der Waals surface area contributed by atoms with Gasteiger partial charge in [-0.3, -0.25) is 10.4 Å². The molecule has 1 saturated heterocycles. The molecule has 0 aromatic heterocycles. The molecule has 6 nitrogen and oxygen atoms in total. The summed E-state index contributed by atoms with van der Waals surface area (Å²) in [6.07, 6.45) is 0.483. The van der Waals surface area contributed by atoms with Crippen molar-refractivity contribution >= 4 is 17.3 Å². The summed E-state index contributed by atoms with van der Waals surface area (Å²) in [6, 6.07) is 24.8. The summed E-state index contributed by atoms with van der Waals surface area (Å²) in [5, 5.41) is 22.8. The van der Waals surface area contributed by atoms with Crippen LogP contribution in [0.5, 0.6) is 0 Å². The molecule has 1 aliphatic rings. The number of anilines is 1. The molecule has 0 saturated carbocycles. The van der Waals surface area contributed by atoms with Gasteiger partial charge in [0, 0.05) is 11.6 Å². The second-order valence-electron chi connectivity index (χ2n) is 7.88. The molecule has 3 aromatic carbocycles. The lowest BCUT2D eigenvalue weighted by Gasteiger charge is -2.44. The third kappa shape index (κ3) is 5.30. The molecule has 32 heavy (non-hydrogen) atoms. The smallest absolute Gasteiger partial charge is 0.122 e. The molecule has 168 valence electrons. The highest BCUT2D eigenvalue weighted by Gasteiger charge is 2.44. The standard InChI is InChI=1S/C25H27ClN2O4/c26-22-11-9-21(10-12-22)25(32-18-19-5-2-1-3-6-19)13-14-27-16-24(25)31-17-20-7-4-8-23(15-20)28(29)30/h1-12,15,24,27,29-30H,13-14,16-18H2. The first kappa shape index (κ1) is 22.7. The maximum atomic E-state index is 9.30. The van der Waals surface area contributed by atoms with Gasteiger partial charge >= 0.3 is 0 Å². The van der Waals surface area contributed by atoms with E-state index in [0.29, 0.717) is 24.8 Å². The van der Waals surface area contributed by atoms with E-state index < -0.39 is 5.60 Å². The minimum atomic E-state index is -0.650. The van der Waals surface area contributed by atoms with Crippen LogP contribution in [0.15, 0.2) is 78.9 Å². The molecule has 4 rings (SSSR count). The van der Waals surface area contributed by atoms with Gasteiger partial charge in [0.1, 0.15) is 11.7 Å². The van der Waals surface area contributed by atoms with Crippen molar-refractivity contribution in [1.82, 2.24) is 5.32 Å². The Morgan fingerprint density at radius 3 is 2.44 bits per heavy atom. The number of ether oxygens (including phenoxy) is 2. The first-order chi connectivity index (χ1) is 15.6. The molecule has 0 amide bonds. The molecule has 1 aliphatic heterocycles. The Balaban J connectivity index is 1.60. The summed E-state index contributed by atoms with van der Waals surface area (Å²) in [4.78, 5) is 0. The van der Waals surface area contributed by atoms with E-state index in [1.807, 2.05) is 60.7 Å². The third-order valence-corrected chi connectivity index (χ3v) is 6.04. The highest BCUT2D eigenvalue weighted by atomic mass is 35.5. The zero-order chi connectivity index (χ0) is 22.4. The van der Waals surface area contributed by atoms with Gasteiger partial charge in [0.2, 0.25) is 0 Å². The van der Waals surface area contributed by atoms with Crippen LogP contribution < -0.4 is 10.5 Å². The van der Waals surface area contributed by atoms with Gasteiger partial charge in [-0.05, 0) is 53.9 Å². The third-order valence-electron chi connectivity index (χ3n) is 5.79. The van der Waals surface area contributed by atoms with Crippen LogP contribution in [-0.4, -0.2) is 29.6 Å². The average Bonchev–Trinajstić information content (AvgIpc) is 2.83. The van der Waals surface area contributed by atoms with Gasteiger partial charge in [0.25, 0.3) is 0 Å². The van der Waals surface area contributed by atoms with Gasteiger partial charge in [0.05, 0.1) is 18.9 Å². The molecule has 0 radical (unpaired) electrons. The van der Waals surface area contributed by atoms with Gasteiger partial charge in [-0.25, -0.2) is 0 Å². The van der Waals surface area contributed by atoms with E-state index in [4.69, 9.17) is 21.1 Å². The van der Waals surface area contributed by atoms with Crippen molar-refractivity contribution in [2.75, 3.05) is 18.3 Å². The van der Waals surface area contributed by atoms with E-state index in [2.05, 4.69) is 5.32 Å². The maximum Gasteiger partial charge on any atom is 0.122 e. The Hall–Kier alpha value is -2.45. The van der Waals surface area contributed by atoms with E-state index in [1.54, 1.807) is 18.2 Å². The number of nitrogens with zero attached hydrogens (tertiary/aromatic N) is 1. The summed E-state index contributed by atoms with van der Waals surface area (Å²) < 4.78 is 13.0. The topological polar surface area (TPSA) is 74.2 Å². The SMILES string of the molecule is ON(O)c1cccc(COC2CNCCC2(OCc2ccccc2)c2ccc(Cl)cc2)c1. The van der Waals surface area contributed by atoms with E-state index in [1.165, 1.54) is 0 Å². The summed E-state index contributed by atoms with van der Waals surface area (Å²) >= 11 is 6.16. The van der Waals surface area contributed by atoms with Crippen molar-refractivity contribution in [2.24, 2.45) is 0 Å². The summed E-state index contributed by atoms with van der Waals surface area (Å²) in [6.45, 7) is 2.20. The molecule has 0 bridgehead atoms. The van der Waals surface area contributed by atoms with Gasteiger partial charge in [-0.1, -0.05) is 66.2 Å². The molecule has 3 N–H and O–H groups in total. The van der Waals surface area contributed by atoms with Crippen LogP contribution >= 0.6 is 11.6 Å². The summed E-state index contributed by atoms with van der Waals surface area (Å²) in [5.41, 5.74) is 2.57. The second-order valence-corrected chi connectivity index (χ2v) is 8.32. The van der Waals surface area contributed by atoms with E-state index in [9.17, 15) is 10.4 Å². The number of rotatable bonds is 8. The minimum Gasteiger partial charge on any atom is -0.369 e. The van der Waals surface area contributed by atoms with E-state index in [0.717, 1.165) is 29.7 Å². The minimum absolute atomic E-state index is 0.104. The number of hydrogen-bond acceptors (Lipinski definition) is 6. The predicted molar refractivity (Wildman–Crippen MR) is 123 cm³/mol. The number of piperidine rings is 1. The molecule has 7 heteroatoms. The zero-order valence-corrected chi connectivity index (χ0v) is 18.4. The molecule has 0 aliphatic carbocycles. The van der Waals surface area contributed by atoms with Crippen LogP contribution in [0.3, 0.4) is 0 Å². The van der Waals surface area contributed by atoms with Crippen LogP contribution in [0.1, 0.15) is 23.1 Å². The molecule has 3 aromatic rings. The fourth-order valence-electron chi connectivity index (χ4n) is 4.09. The molecule has 1 fully saturated rings. The first-order valence-electron chi connectivity index (χ1n) is 10.6. The Bertz CT molecular complexity index is 1000. The first-order valence-corrected chi connectivity index (χ1v) is 11.0. The fourth-order valence-corrected chi connectivity index (χ4v) is 4.22. The average molecular weight is 455 g/mol. The number of nitrogens with one attached hydrogen (secondary N) is 1.